The van der Waals surface area contributed by atoms with Crippen molar-refractivity contribution in [3.63, 3.8) is 0 Å². The van der Waals surface area contributed by atoms with Gasteiger partial charge in [-0.1, -0.05) is 18.2 Å². The Balaban J connectivity index is 2.37. The number of aromatic carboxylic acids is 1. The van der Waals surface area contributed by atoms with Gasteiger partial charge in [0.2, 0.25) is 5.69 Å². The number of carbonyl (C=O) groups is 1. The van der Waals surface area contributed by atoms with Gasteiger partial charge in [0, 0.05) is 5.56 Å². The van der Waals surface area contributed by atoms with Crippen LogP contribution in [0.4, 0.5) is 5.69 Å². The number of rotatable bonds is 5. The van der Waals surface area contributed by atoms with Crippen molar-refractivity contribution in [2.24, 2.45) is 0 Å². The number of carboxylic acid groups (broad SMARTS) is 1. The Labute approximate surface area is 113 Å². The molecule has 8 nitrogen and oxygen atoms in total. The van der Waals surface area contributed by atoms with Crippen molar-refractivity contribution in [3.8, 4) is 5.75 Å². The zero-order chi connectivity index (χ0) is 14.7. The quantitative estimate of drug-likeness (QED) is 0.656. The lowest BCUT2D eigenvalue weighted by Gasteiger charge is -2.07. The topological polar surface area (TPSA) is 107 Å². The van der Waals surface area contributed by atoms with E-state index in [2.05, 4.69) is 5.10 Å². The van der Waals surface area contributed by atoms with Crippen LogP contribution >= 0.6 is 0 Å². The summed E-state index contributed by atoms with van der Waals surface area (Å²) >= 11 is 0. The van der Waals surface area contributed by atoms with E-state index in [1.807, 2.05) is 0 Å². The smallest absolute Gasteiger partial charge is 0.363 e. The van der Waals surface area contributed by atoms with Crippen molar-refractivity contribution in [1.82, 2.24) is 9.78 Å². The number of hydrogen-bond acceptors (Lipinski definition) is 5. The normalized spacial score (nSPS) is 10.2. The number of carboxylic acids is 1. The van der Waals surface area contributed by atoms with Gasteiger partial charge in [0.1, 0.15) is 11.9 Å². The van der Waals surface area contributed by atoms with Crippen LogP contribution < -0.4 is 4.74 Å². The number of aromatic nitrogens is 2. The molecular weight excluding hydrogens is 266 g/mol. The van der Waals surface area contributed by atoms with E-state index in [1.54, 1.807) is 24.3 Å². The average Bonchev–Trinajstić information content (AvgIpc) is 2.84. The SMILES string of the molecule is COc1ccccc1Cn1cc([N+](=O)[O-])c(C(=O)O)n1. The van der Waals surface area contributed by atoms with E-state index >= 15 is 0 Å². The molecular formula is C12H11N3O5. The Morgan fingerprint density at radius 1 is 1.50 bits per heavy atom. The predicted octanol–water partition coefficient (Wildman–Crippen LogP) is 1.55. The van der Waals surface area contributed by atoms with Gasteiger partial charge in [-0.2, -0.15) is 5.10 Å². The molecule has 0 unspecified atom stereocenters. The van der Waals surface area contributed by atoms with E-state index < -0.39 is 22.3 Å². The maximum Gasteiger partial charge on any atom is 0.363 e. The summed E-state index contributed by atoms with van der Waals surface area (Å²) in [6.07, 6.45) is 1.09. The fourth-order valence-corrected chi connectivity index (χ4v) is 1.79. The molecule has 0 amide bonds. The summed E-state index contributed by atoms with van der Waals surface area (Å²) in [7, 11) is 1.51. The van der Waals surface area contributed by atoms with Crippen LogP contribution in [0.2, 0.25) is 0 Å². The average molecular weight is 277 g/mol. The van der Waals surface area contributed by atoms with Crippen LogP contribution in [0, 0.1) is 10.1 Å². The standard InChI is InChI=1S/C12H11N3O5/c1-20-10-5-3-2-4-8(10)6-14-7-9(15(18)19)11(13-14)12(16)17/h2-5,7H,6H2,1H3,(H,16,17). The summed E-state index contributed by atoms with van der Waals surface area (Å²) in [5.74, 6) is -0.835. The van der Waals surface area contributed by atoms with Crippen molar-refractivity contribution >= 4 is 11.7 Å². The van der Waals surface area contributed by atoms with E-state index in [-0.39, 0.29) is 6.54 Å². The molecule has 1 N–H and O–H groups in total. The molecule has 0 aliphatic carbocycles. The first-order chi connectivity index (χ1) is 9.52. The van der Waals surface area contributed by atoms with Crippen LogP contribution in [0.25, 0.3) is 0 Å². The van der Waals surface area contributed by atoms with Crippen molar-refractivity contribution in [3.05, 3.63) is 51.8 Å². The van der Waals surface area contributed by atoms with E-state index in [0.29, 0.717) is 5.75 Å². The maximum atomic E-state index is 10.9. The molecule has 0 fully saturated rings. The van der Waals surface area contributed by atoms with Crippen LogP contribution in [0.3, 0.4) is 0 Å². The van der Waals surface area contributed by atoms with Crippen molar-refractivity contribution < 1.29 is 19.6 Å². The summed E-state index contributed by atoms with van der Waals surface area (Å²) in [6, 6.07) is 7.09. The lowest BCUT2D eigenvalue weighted by atomic mass is 10.2. The fraction of sp³-hybridized carbons (Fsp3) is 0.167. The second-order valence-electron chi connectivity index (χ2n) is 3.93. The molecule has 0 saturated carbocycles. The number of para-hydroxylation sites is 1. The number of hydrogen-bond donors (Lipinski definition) is 1. The molecule has 0 radical (unpaired) electrons. The van der Waals surface area contributed by atoms with Crippen molar-refractivity contribution in [2.75, 3.05) is 7.11 Å². The summed E-state index contributed by atoms with van der Waals surface area (Å²) in [6.45, 7) is 0.179. The van der Waals surface area contributed by atoms with Gasteiger partial charge in [-0.15, -0.1) is 0 Å². The minimum absolute atomic E-state index is 0.179. The molecule has 0 aliphatic heterocycles. The van der Waals surface area contributed by atoms with Gasteiger partial charge in [-0.3, -0.25) is 14.8 Å². The second kappa shape index (κ2) is 5.39. The molecule has 0 spiro atoms. The lowest BCUT2D eigenvalue weighted by molar-refractivity contribution is -0.385. The van der Waals surface area contributed by atoms with E-state index in [0.717, 1.165) is 11.8 Å². The number of nitrogens with zero attached hydrogens (tertiary/aromatic N) is 3. The minimum Gasteiger partial charge on any atom is -0.496 e. The first-order valence-corrected chi connectivity index (χ1v) is 5.60. The Morgan fingerprint density at radius 2 is 2.20 bits per heavy atom. The molecule has 2 rings (SSSR count). The van der Waals surface area contributed by atoms with Crippen LogP contribution in [0.5, 0.6) is 5.75 Å². The van der Waals surface area contributed by atoms with E-state index in [1.165, 1.54) is 11.8 Å². The molecule has 0 saturated heterocycles. The van der Waals surface area contributed by atoms with Gasteiger partial charge in [-0.25, -0.2) is 4.79 Å². The molecule has 1 heterocycles. The van der Waals surface area contributed by atoms with Crippen LogP contribution in [-0.4, -0.2) is 32.9 Å². The van der Waals surface area contributed by atoms with Gasteiger partial charge >= 0.3 is 11.7 Å². The summed E-state index contributed by atoms with van der Waals surface area (Å²) in [5, 5.41) is 23.4. The molecule has 20 heavy (non-hydrogen) atoms. The van der Waals surface area contributed by atoms with Crippen molar-refractivity contribution in [2.45, 2.75) is 6.54 Å². The largest absolute Gasteiger partial charge is 0.496 e. The molecule has 1 aromatic heterocycles. The molecule has 8 heteroatoms. The number of ether oxygens (including phenoxy) is 1. The van der Waals surface area contributed by atoms with Crippen LogP contribution in [-0.2, 0) is 6.54 Å². The Morgan fingerprint density at radius 3 is 2.75 bits per heavy atom. The van der Waals surface area contributed by atoms with Crippen molar-refractivity contribution in [1.29, 1.82) is 0 Å². The zero-order valence-corrected chi connectivity index (χ0v) is 10.5. The fourth-order valence-electron chi connectivity index (χ4n) is 1.79. The van der Waals surface area contributed by atoms with Gasteiger partial charge in [0.15, 0.2) is 0 Å². The Kier molecular flexibility index (Phi) is 3.65. The molecule has 0 aliphatic rings. The molecule has 0 atom stereocenters. The Bertz CT molecular complexity index is 633. The number of methoxy groups -OCH3 is 1. The van der Waals surface area contributed by atoms with Gasteiger partial charge in [0.05, 0.1) is 18.6 Å². The Hall–Kier alpha value is -2.90. The third kappa shape index (κ3) is 2.58. The number of benzene rings is 1. The highest BCUT2D eigenvalue weighted by Gasteiger charge is 2.25. The van der Waals surface area contributed by atoms with Gasteiger partial charge < -0.3 is 9.84 Å². The highest BCUT2D eigenvalue weighted by molar-refractivity contribution is 5.89. The third-order valence-corrected chi connectivity index (χ3v) is 2.67. The van der Waals surface area contributed by atoms with Gasteiger partial charge in [0.25, 0.3) is 0 Å². The van der Waals surface area contributed by atoms with Gasteiger partial charge in [-0.05, 0) is 6.07 Å². The molecule has 104 valence electrons. The number of nitro groups is 1. The van der Waals surface area contributed by atoms with Crippen LogP contribution in [0.15, 0.2) is 30.5 Å². The highest BCUT2D eigenvalue weighted by Crippen LogP contribution is 2.21. The maximum absolute atomic E-state index is 10.9. The minimum atomic E-state index is -1.43. The zero-order valence-electron chi connectivity index (χ0n) is 10.5. The first kappa shape index (κ1) is 13.5. The summed E-state index contributed by atoms with van der Waals surface area (Å²) in [5.41, 5.74) is -0.373. The predicted molar refractivity (Wildman–Crippen MR) is 67.9 cm³/mol. The van der Waals surface area contributed by atoms with Crippen LogP contribution in [0.1, 0.15) is 16.1 Å². The summed E-state index contributed by atoms with van der Waals surface area (Å²) in [4.78, 5) is 20.9. The second-order valence-corrected chi connectivity index (χ2v) is 3.93. The first-order valence-electron chi connectivity index (χ1n) is 5.60. The molecule has 0 bridgehead atoms. The highest BCUT2D eigenvalue weighted by atomic mass is 16.6. The molecule has 1 aromatic carbocycles. The summed E-state index contributed by atoms with van der Waals surface area (Å²) < 4.78 is 6.37. The lowest BCUT2D eigenvalue weighted by Crippen LogP contribution is -2.05. The monoisotopic (exact) mass is 277 g/mol. The van der Waals surface area contributed by atoms with E-state index in [4.69, 9.17) is 9.84 Å². The third-order valence-electron chi connectivity index (χ3n) is 2.67. The van der Waals surface area contributed by atoms with E-state index in [9.17, 15) is 14.9 Å². The molecule has 2 aromatic rings.